The minimum Gasteiger partial charge on any atom is -0.500 e. The number of hydrogen-bond donors (Lipinski definition) is 0. The van der Waals surface area contributed by atoms with Gasteiger partial charge in [-0.2, -0.15) is 0 Å². The van der Waals surface area contributed by atoms with E-state index in [9.17, 15) is 0 Å². The molecule has 0 saturated heterocycles. The third kappa shape index (κ3) is 9.21. The van der Waals surface area contributed by atoms with Gasteiger partial charge in [-0.15, -0.1) is 0 Å². The third-order valence-electron chi connectivity index (χ3n) is 2.96. The van der Waals surface area contributed by atoms with Crippen LogP contribution < -0.4 is 0 Å². The highest BCUT2D eigenvalue weighted by atomic mass is 16.5. The van der Waals surface area contributed by atoms with Crippen molar-refractivity contribution in [1.29, 1.82) is 0 Å². The predicted molar refractivity (Wildman–Crippen MR) is 93.5 cm³/mol. The molecule has 0 aliphatic heterocycles. The summed E-state index contributed by atoms with van der Waals surface area (Å²) in [7, 11) is 8.13. The van der Waals surface area contributed by atoms with Gasteiger partial charge in [-0.05, 0) is 51.5 Å². The monoisotopic (exact) mass is 304 g/mol. The maximum atomic E-state index is 5.43. The largest absolute Gasteiger partial charge is 0.500 e. The molecule has 0 aliphatic rings. The fraction of sp³-hybridized carbons (Fsp3) is 0.444. The number of benzene rings is 1. The van der Waals surface area contributed by atoms with E-state index in [0.717, 1.165) is 24.2 Å². The maximum Gasteiger partial charge on any atom is 0.0999 e. The van der Waals surface area contributed by atoms with Gasteiger partial charge < -0.3 is 19.3 Å². The Bertz CT molecular complexity index is 408. The van der Waals surface area contributed by atoms with E-state index in [-0.39, 0.29) is 0 Å². The molecule has 4 heteroatoms. The lowest BCUT2D eigenvalue weighted by molar-refractivity contribution is 0.214. The Kier molecular flexibility index (Phi) is 9.03. The lowest BCUT2D eigenvalue weighted by Gasteiger charge is -2.08. The molecule has 0 aromatic heterocycles. The molecule has 4 nitrogen and oxygen atoms in total. The van der Waals surface area contributed by atoms with Crippen molar-refractivity contribution >= 4 is 12.2 Å². The van der Waals surface area contributed by atoms with E-state index >= 15 is 0 Å². The van der Waals surface area contributed by atoms with Gasteiger partial charge in [0.05, 0.1) is 25.7 Å². The summed E-state index contributed by atoms with van der Waals surface area (Å²) < 4.78 is 10.9. The summed E-state index contributed by atoms with van der Waals surface area (Å²) in [5.41, 5.74) is 2.24. The predicted octanol–water partition coefficient (Wildman–Crippen LogP) is 2.78. The lowest BCUT2D eigenvalue weighted by atomic mass is 10.1. The molecule has 0 N–H and O–H groups in total. The van der Waals surface area contributed by atoms with Crippen molar-refractivity contribution in [3.05, 3.63) is 47.9 Å². The SMILES string of the molecule is CN(C)CCO/C=C\c1ccc(/C=C\OCCN(C)C)cc1. The summed E-state index contributed by atoms with van der Waals surface area (Å²) >= 11 is 0. The number of nitrogens with zero attached hydrogens (tertiary/aromatic N) is 2. The van der Waals surface area contributed by atoms with Crippen molar-refractivity contribution in [3.63, 3.8) is 0 Å². The molecule has 1 aromatic carbocycles. The summed E-state index contributed by atoms with van der Waals surface area (Å²) in [6, 6.07) is 8.24. The van der Waals surface area contributed by atoms with Gasteiger partial charge in [-0.25, -0.2) is 0 Å². The highest BCUT2D eigenvalue weighted by molar-refractivity contribution is 5.54. The van der Waals surface area contributed by atoms with E-state index < -0.39 is 0 Å². The summed E-state index contributed by atoms with van der Waals surface area (Å²) in [4.78, 5) is 4.19. The van der Waals surface area contributed by atoms with Crippen molar-refractivity contribution in [3.8, 4) is 0 Å². The fourth-order valence-corrected chi connectivity index (χ4v) is 1.58. The summed E-state index contributed by atoms with van der Waals surface area (Å²) in [5, 5.41) is 0. The second-order valence-corrected chi connectivity index (χ2v) is 5.62. The van der Waals surface area contributed by atoms with E-state index in [4.69, 9.17) is 9.47 Å². The van der Waals surface area contributed by atoms with Crippen LogP contribution in [0.3, 0.4) is 0 Å². The number of rotatable bonds is 10. The quantitative estimate of drug-likeness (QED) is 0.490. The van der Waals surface area contributed by atoms with Gasteiger partial charge in [0.1, 0.15) is 0 Å². The highest BCUT2D eigenvalue weighted by Gasteiger charge is 1.91. The second-order valence-electron chi connectivity index (χ2n) is 5.62. The zero-order valence-corrected chi connectivity index (χ0v) is 14.2. The molecular formula is C18H28N2O2. The van der Waals surface area contributed by atoms with E-state index in [1.54, 1.807) is 12.5 Å². The molecule has 0 saturated carbocycles. The van der Waals surface area contributed by atoms with Crippen LogP contribution in [0.1, 0.15) is 11.1 Å². The van der Waals surface area contributed by atoms with Crippen molar-refractivity contribution < 1.29 is 9.47 Å². The molecule has 0 bridgehead atoms. The standard InChI is InChI=1S/C18H28N2O2/c1-19(2)11-15-21-13-9-17-5-7-18(8-6-17)10-14-22-16-12-20(3)4/h5-10,13-14H,11-12,15-16H2,1-4H3/b13-9-,14-10-. The van der Waals surface area contributed by atoms with Crippen LogP contribution in [0.5, 0.6) is 0 Å². The maximum absolute atomic E-state index is 5.43. The van der Waals surface area contributed by atoms with Crippen LogP contribution in [0.2, 0.25) is 0 Å². The van der Waals surface area contributed by atoms with Crippen LogP contribution in [-0.4, -0.2) is 64.3 Å². The van der Waals surface area contributed by atoms with Gasteiger partial charge in [0, 0.05) is 13.1 Å². The Morgan fingerprint density at radius 3 is 1.41 bits per heavy atom. The Morgan fingerprint density at radius 1 is 0.727 bits per heavy atom. The zero-order valence-electron chi connectivity index (χ0n) is 14.2. The van der Waals surface area contributed by atoms with Gasteiger partial charge >= 0.3 is 0 Å². The Morgan fingerprint density at radius 2 is 1.09 bits per heavy atom. The molecule has 122 valence electrons. The third-order valence-corrected chi connectivity index (χ3v) is 2.96. The number of ether oxygens (including phenoxy) is 2. The second kappa shape index (κ2) is 10.9. The van der Waals surface area contributed by atoms with E-state index in [0.29, 0.717) is 13.2 Å². The van der Waals surface area contributed by atoms with Gasteiger partial charge in [0.25, 0.3) is 0 Å². The fourth-order valence-electron chi connectivity index (χ4n) is 1.58. The molecule has 0 amide bonds. The van der Waals surface area contributed by atoms with Gasteiger partial charge in [0.2, 0.25) is 0 Å². The van der Waals surface area contributed by atoms with Gasteiger partial charge in [-0.1, -0.05) is 24.3 Å². The van der Waals surface area contributed by atoms with Crippen molar-refractivity contribution in [2.75, 3.05) is 54.5 Å². The first-order chi connectivity index (χ1) is 10.6. The molecule has 0 atom stereocenters. The Balaban J connectivity index is 2.30. The molecule has 0 unspecified atom stereocenters. The summed E-state index contributed by atoms with van der Waals surface area (Å²) in [5.74, 6) is 0. The molecule has 1 aromatic rings. The first-order valence-electron chi connectivity index (χ1n) is 7.54. The van der Waals surface area contributed by atoms with Crippen molar-refractivity contribution in [2.24, 2.45) is 0 Å². The van der Waals surface area contributed by atoms with Gasteiger partial charge in [-0.3, -0.25) is 0 Å². The Labute approximate surface area is 134 Å². The van der Waals surface area contributed by atoms with E-state index in [1.165, 1.54) is 0 Å². The van der Waals surface area contributed by atoms with Crippen LogP contribution in [0.25, 0.3) is 12.2 Å². The van der Waals surface area contributed by atoms with Gasteiger partial charge in [0.15, 0.2) is 0 Å². The lowest BCUT2D eigenvalue weighted by Crippen LogP contribution is -2.16. The molecule has 0 spiro atoms. The molecule has 0 radical (unpaired) electrons. The van der Waals surface area contributed by atoms with E-state index in [2.05, 4.69) is 34.1 Å². The highest BCUT2D eigenvalue weighted by Crippen LogP contribution is 2.08. The molecule has 0 aliphatic carbocycles. The molecule has 1 rings (SSSR count). The average Bonchev–Trinajstić information content (AvgIpc) is 2.47. The van der Waals surface area contributed by atoms with Crippen LogP contribution in [0.15, 0.2) is 36.8 Å². The van der Waals surface area contributed by atoms with E-state index in [1.807, 2.05) is 40.3 Å². The Hall–Kier alpha value is -1.78. The van der Waals surface area contributed by atoms with Crippen molar-refractivity contribution in [1.82, 2.24) is 9.80 Å². The van der Waals surface area contributed by atoms with Crippen LogP contribution in [0, 0.1) is 0 Å². The normalized spacial score (nSPS) is 11.9. The summed E-state index contributed by atoms with van der Waals surface area (Å²) in [6.07, 6.45) is 7.44. The zero-order chi connectivity index (χ0) is 16.2. The molecule has 0 heterocycles. The first kappa shape index (κ1) is 18.3. The first-order valence-corrected chi connectivity index (χ1v) is 7.54. The van der Waals surface area contributed by atoms with Crippen LogP contribution >= 0.6 is 0 Å². The molecule has 22 heavy (non-hydrogen) atoms. The number of hydrogen-bond acceptors (Lipinski definition) is 4. The van der Waals surface area contributed by atoms with Crippen molar-refractivity contribution in [2.45, 2.75) is 0 Å². The molecule has 0 fully saturated rings. The number of likely N-dealkylation sites (N-methyl/N-ethyl adjacent to an activating group) is 2. The smallest absolute Gasteiger partial charge is 0.0999 e. The minimum absolute atomic E-state index is 0.703. The summed E-state index contributed by atoms with van der Waals surface area (Å²) in [6.45, 7) is 3.24. The molecular weight excluding hydrogens is 276 g/mol. The topological polar surface area (TPSA) is 24.9 Å². The van der Waals surface area contributed by atoms with Crippen LogP contribution in [0.4, 0.5) is 0 Å². The average molecular weight is 304 g/mol. The minimum atomic E-state index is 0.703. The van der Waals surface area contributed by atoms with Crippen LogP contribution in [-0.2, 0) is 9.47 Å².